The number of aryl methyl sites for hydroxylation is 1. The number of halogens is 3. The van der Waals surface area contributed by atoms with Crippen molar-refractivity contribution in [1.29, 1.82) is 0 Å². The van der Waals surface area contributed by atoms with Gasteiger partial charge in [-0.1, -0.05) is 24.3 Å². The summed E-state index contributed by atoms with van der Waals surface area (Å²) in [5.74, 6) is 0. The lowest BCUT2D eigenvalue weighted by Gasteiger charge is -2.18. The first kappa shape index (κ1) is 21.8. The molecule has 0 amide bonds. The van der Waals surface area contributed by atoms with E-state index < -0.39 is 28.6 Å². The maximum absolute atomic E-state index is 13.1. The molecule has 1 aliphatic rings. The van der Waals surface area contributed by atoms with Crippen molar-refractivity contribution in [2.24, 2.45) is 0 Å². The van der Waals surface area contributed by atoms with Gasteiger partial charge in [-0.15, -0.1) is 0 Å². The molecule has 0 aromatic heterocycles. The van der Waals surface area contributed by atoms with Crippen LogP contribution < -0.4 is 4.72 Å². The Morgan fingerprint density at radius 3 is 2.41 bits per heavy atom. The van der Waals surface area contributed by atoms with Gasteiger partial charge in [-0.05, 0) is 59.2 Å². The van der Waals surface area contributed by atoms with Crippen molar-refractivity contribution in [2.45, 2.75) is 38.1 Å². The Balaban J connectivity index is 1.83. The van der Waals surface area contributed by atoms with Crippen molar-refractivity contribution in [2.75, 3.05) is 14.1 Å². The van der Waals surface area contributed by atoms with Gasteiger partial charge in [-0.3, -0.25) is 0 Å². The molecule has 29 heavy (non-hydrogen) atoms. The van der Waals surface area contributed by atoms with Gasteiger partial charge >= 0.3 is 6.18 Å². The van der Waals surface area contributed by atoms with Crippen molar-refractivity contribution in [3.63, 3.8) is 0 Å². The molecule has 1 atom stereocenters. The van der Waals surface area contributed by atoms with Gasteiger partial charge in [0.15, 0.2) is 0 Å². The molecule has 0 spiro atoms. The first-order valence-corrected chi connectivity index (χ1v) is 10.6. The third-order valence-corrected chi connectivity index (χ3v) is 6.57. The normalized spacial score (nSPS) is 17.0. The molecule has 0 fully saturated rings. The number of benzene rings is 2. The highest BCUT2D eigenvalue weighted by molar-refractivity contribution is 7.87. The van der Waals surface area contributed by atoms with Crippen LogP contribution >= 0.6 is 0 Å². The largest absolute Gasteiger partial charge is 0.416 e. The van der Waals surface area contributed by atoms with E-state index in [9.17, 15) is 26.7 Å². The van der Waals surface area contributed by atoms with Crippen molar-refractivity contribution in [3.05, 3.63) is 69.8 Å². The molecule has 0 aliphatic heterocycles. The molecule has 1 unspecified atom stereocenters. The smallest absolute Gasteiger partial charge is 0.392 e. The summed E-state index contributed by atoms with van der Waals surface area (Å²) in [5.41, 5.74) is 2.62. The van der Waals surface area contributed by atoms with Gasteiger partial charge in [-0.2, -0.15) is 30.6 Å². The topological polar surface area (TPSA) is 69.6 Å². The number of aliphatic hydroxyl groups excluding tert-OH is 1. The van der Waals surface area contributed by atoms with Gasteiger partial charge in [0.1, 0.15) is 0 Å². The maximum Gasteiger partial charge on any atom is 0.416 e. The van der Waals surface area contributed by atoms with E-state index >= 15 is 0 Å². The molecule has 2 aromatic carbocycles. The summed E-state index contributed by atoms with van der Waals surface area (Å²) in [7, 11) is -0.646. The highest BCUT2D eigenvalue weighted by Crippen LogP contribution is 2.34. The molecule has 3 rings (SSSR count). The van der Waals surface area contributed by atoms with E-state index in [4.69, 9.17) is 0 Å². The Labute approximate surface area is 168 Å². The van der Waals surface area contributed by atoms with Crippen molar-refractivity contribution < 1.29 is 26.7 Å². The molecule has 0 bridgehead atoms. The van der Waals surface area contributed by atoms with Crippen LogP contribution in [0.25, 0.3) is 0 Å². The molecular formula is C20H23F3N2O3S. The van der Waals surface area contributed by atoms with E-state index in [0.29, 0.717) is 18.4 Å². The molecule has 2 aromatic rings. The zero-order valence-electron chi connectivity index (χ0n) is 16.1. The average molecular weight is 428 g/mol. The molecule has 158 valence electrons. The van der Waals surface area contributed by atoms with Gasteiger partial charge in [0, 0.05) is 20.1 Å². The lowest BCUT2D eigenvalue weighted by Crippen LogP contribution is -2.37. The summed E-state index contributed by atoms with van der Waals surface area (Å²) < 4.78 is 67.2. The minimum atomic E-state index is -4.48. The fourth-order valence-corrected chi connectivity index (χ4v) is 4.36. The molecular weight excluding hydrogens is 405 g/mol. The van der Waals surface area contributed by atoms with Gasteiger partial charge in [0.2, 0.25) is 0 Å². The summed E-state index contributed by atoms with van der Waals surface area (Å²) in [6.07, 6.45) is -2.87. The standard InChI is InChI=1S/C20H23F3N2O3S/c1-25(2)29(27,28)24-19-6-4-16-9-13(3-5-18(16)19)7-14-8-15(12-26)11-17(10-14)20(21,22)23/h3,5,8-11,19,24,26H,4,6-7,12H2,1-2H3. The fourth-order valence-electron chi connectivity index (χ4n) is 3.54. The Bertz CT molecular complexity index is 1000. The Morgan fingerprint density at radius 2 is 1.79 bits per heavy atom. The number of alkyl halides is 3. The lowest BCUT2D eigenvalue weighted by atomic mass is 9.97. The molecule has 2 N–H and O–H groups in total. The SMILES string of the molecule is CN(C)S(=O)(=O)NC1CCc2cc(Cc3cc(CO)cc(C(F)(F)F)c3)ccc21. The predicted molar refractivity (Wildman–Crippen MR) is 103 cm³/mol. The summed E-state index contributed by atoms with van der Waals surface area (Å²) in [6, 6.07) is 8.85. The number of hydrogen-bond acceptors (Lipinski definition) is 3. The second-order valence-corrected chi connectivity index (χ2v) is 9.32. The second kappa shape index (κ2) is 8.06. The molecule has 9 heteroatoms. The number of aliphatic hydroxyl groups is 1. The number of nitrogens with one attached hydrogen (secondary N) is 1. The summed E-state index contributed by atoms with van der Waals surface area (Å²) in [5, 5.41) is 9.28. The monoisotopic (exact) mass is 428 g/mol. The van der Waals surface area contributed by atoms with Gasteiger partial charge in [-0.25, -0.2) is 0 Å². The van der Waals surface area contributed by atoms with Crippen LogP contribution in [0, 0.1) is 0 Å². The first-order chi connectivity index (χ1) is 13.5. The fraction of sp³-hybridized carbons (Fsp3) is 0.400. The van der Waals surface area contributed by atoms with Gasteiger partial charge in [0.05, 0.1) is 12.2 Å². The van der Waals surface area contributed by atoms with E-state index in [-0.39, 0.29) is 18.0 Å². The van der Waals surface area contributed by atoms with Gasteiger partial charge in [0.25, 0.3) is 10.2 Å². The summed E-state index contributed by atoms with van der Waals surface area (Å²) in [6.45, 7) is -0.463. The lowest BCUT2D eigenvalue weighted by molar-refractivity contribution is -0.137. The highest BCUT2D eigenvalue weighted by atomic mass is 32.2. The molecule has 0 radical (unpaired) electrons. The van der Waals surface area contributed by atoms with E-state index in [2.05, 4.69) is 4.72 Å². The van der Waals surface area contributed by atoms with E-state index in [0.717, 1.165) is 33.1 Å². The molecule has 0 saturated carbocycles. The minimum Gasteiger partial charge on any atom is -0.392 e. The molecule has 0 saturated heterocycles. The van der Waals surface area contributed by atoms with Gasteiger partial charge < -0.3 is 5.11 Å². The quantitative estimate of drug-likeness (QED) is 0.743. The van der Waals surface area contributed by atoms with Crippen LogP contribution in [0.15, 0.2) is 36.4 Å². The third-order valence-electron chi connectivity index (χ3n) is 5.03. The van der Waals surface area contributed by atoms with Crippen LogP contribution in [0.3, 0.4) is 0 Å². The van der Waals surface area contributed by atoms with Crippen molar-refractivity contribution in [1.82, 2.24) is 9.03 Å². The first-order valence-electron chi connectivity index (χ1n) is 9.12. The zero-order valence-corrected chi connectivity index (χ0v) is 16.9. The van der Waals surface area contributed by atoms with Crippen LogP contribution in [0.2, 0.25) is 0 Å². The molecule has 5 nitrogen and oxygen atoms in total. The van der Waals surface area contributed by atoms with E-state index in [1.807, 2.05) is 12.1 Å². The average Bonchev–Trinajstić information content (AvgIpc) is 3.02. The summed E-state index contributed by atoms with van der Waals surface area (Å²) >= 11 is 0. The zero-order chi connectivity index (χ0) is 21.4. The predicted octanol–water partition coefficient (Wildman–Crippen LogP) is 3.17. The van der Waals surface area contributed by atoms with Crippen LogP contribution in [0.5, 0.6) is 0 Å². The van der Waals surface area contributed by atoms with Crippen LogP contribution in [0.1, 0.15) is 45.8 Å². The van der Waals surface area contributed by atoms with Crippen molar-refractivity contribution >= 4 is 10.2 Å². The minimum absolute atomic E-state index is 0.217. The van der Waals surface area contributed by atoms with Crippen LogP contribution in [-0.4, -0.2) is 31.9 Å². The van der Waals surface area contributed by atoms with E-state index in [1.54, 1.807) is 12.1 Å². The Kier molecular flexibility index (Phi) is 6.05. The molecule has 0 heterocycles. The highest BCUT2D eigenvalue weighted by Gasteiger charge is 2.31. The van der Waals surface area contributed by atoms with Crippen molar-refractivity contribution in [3.8, 4) is 0 Å². The Morgan fingerprint density at radius 1 is 1.10 bits per heavy atom. The summed E-state index contributed by atoms with van der Waals surface area (Å²) in [4.78, 5) is 0. The molecule has 1 aliphatic carbocycles. The number of rotatable bonds is 6. The Hall–Kier alpha value is -1.94. The van der Waals surface area contributed by atoms with E-state index in [1.165, 1.54) is 14.1 Å². The van der Waals surface area contributed by atoms with Crippen LogP contribution in [-0.2, 0) is 35.8 Å². The number of nitrogens with zero attached hydrogens (tertiary/aromatic N) is 1. The van der Waals surface area contributed by atoms with Crippen LogP contribution in [0.4, 0.5) is 13.2 Å². The second-order valence-electron chi connectivity index (χ2n) is 7.40. The number of hydrogen-bond donors (Lipinski definition) is 2. The third kappa shape index (κ3) is 4.98. The number of fused-ring (bicyclic) bond motifs is 1. The maximum atomic E-state index is 13.1.